The van der Waals surface area contributed by atoms with E-state index in [4.69, 9.17) is 0 Å². The highest BCUT2D eigenvalue weighted by Gasteiger charge is 1.98. The molecule has 0 aliphatic heterocycles. The van der Waals surface area contributed by atoms with Gasteiger partial charge in [-0.25, -0.2) is 4.98 Å². The Morgan fingerprint density at radius 1 is 1.58 bits per heavy atom. The van der Waals surface area contributed by atoms with Gasteiger partial charge in [0.25, 0.3) is 0 Å². The lowest BCUT2D eigenvalue weighted by Crippen LogP contribution is -1.81. The molecule has 1 N–H and O–H groups in total. The van der Waals surface area contributed by atoms with Crippen molar-refractivity contribution < 1.29 is 0 Å². The van der Waals surface area contributed by atoms with Gasteiger partial charge >= 0.3 is 0 Å². The van der Waals surface area contributed by atoms with E-state index >= 15 is 0 Å². The molecule has 0 saturated heterocycles. The summed E-state index contributed by atoms with van der Waals surface area (Å²) in [5, 5.41) is 0. The van der Waals surface area contributed by atoms with Crippen LogP contribution in [0.4, 0.5) is 0 Å². The molecule has 0 atom stereocenters. The normalized spacial score (nSPS) is 10.3. The Hall–Kier alpha value is -1.64. The highest BCUT2D eigenvalue weighted by molar-refractivity contribution is 5.73. The molecule has 0 spiro atoms. The van der Waals surface area contributed by atoms with Crippen LogP contribution >= 0.6 is 0 Å². The van der Waals surface area contributed by atoms with Gasteiger partial charge in [-0.05, 0) is 6.07 Å². The third kappa shape index (κ3) is 1.09. The molecule has 0 saturated carbocycles. The number of aromatic nitrogens is 3. The highest BCUT2D eigenvalue weighted by Crippen LogP contribution is 2.08. The molecule has 2 aromatic rings. The van der Waals surface area contributed by atoms with E-state index < -0.39 is 0 Å². The number of allylic oxidation sites excluding steroid dienone is 1. The lowest BCUT2D eigenvalue weighted by Gasteiger charge is -1.83. The van der Waals surface area contributed by atoms with E-state index in [1.807, 2.05) is 12.1 Å². The first kappa shape index (κ1) is 7.03. The molecule has 0 unspecified atom stereocenters. The van der Waals surface area contributed by atoms with Crippen LogP contribution in [0.3, 0.4) is 0 Å². The first-order valence-corrected chi connectivity index (χ1v) is 3.79. The summed E-state index contributed by atoms with van der Waals surface area (Å²) < 4.78 is 0. The van der Waals surface area contributed by atoms with Gasteiger partial charge in [0.05, 0.1) is 17.2 Å². The second kappa shape index (κ2) is 2.77. The zero-order valence-corrected chi connectivity index (χ0v) is 6.62. The zero-order valence-electron chi connectivity index (χ0n) is 6.62. The number of aromatic amines is 1. The first-order valence-electron chi connectivity index (χ1n) is 3.79. The topological polar surface area (TPSA) is 41.6 Å². The van der Waals surface area contributed by atoms with Crippen LogP contribution in [-0.2, 0) is 6.42 Å². The summed E-state index contributed by atoms with van der Waals surface area (Å²) in [6.45, 7) is 3.65. The number of pyridine rings is 1. The van der Waals surface area contributed by atoms with Crippen LogP contribution in [0, 0.1) is 0 Å². The molecule has 2 aromatic heterocycles. The molecular formula is C9H9N3. The Morgan fingerprint density at radius 3 is 3.25 bits per heavy atom. The molecule has 0 aliphatic carbocycles. The summed E-state index contributed by atoms with van der Waals surface area (Å²) in [7, 11) is 0. The molecule has 0 aromatic carbocycles. The second-order valence-corrected chi connectivity index (χ2v) is 2.57. The van der Waals surface area contributed by atoms with Gasteiger partial charge in [-0.15, -0.1) is 6.58 Å². The molecule has 2 rings (SSSR count). The maximum absolute atomic E-state index is 4.34. The number of nitrogens with one attached hydrogen (secondary N) is 1. The van der Waals surface area contributed by atoms with Crippen LogP contribution in [-0.4, -0.2) is 15.0 Å². The fourth-order valence-corrected chi connectivity index (χ4v) is 1.14. The average Bonchev–Trinajstić information content (AvgIpc) is 2.47. The van der Waals surface area contributed by atoms with E-state index in [0.717, 1.165) is 23.3 Å². The smallest absolute Gasteiger partial charge is 0.111 e. The molecule has 0 fully saturated rings. The lowest BCUT2D eigenvalue weighted by molar-refractivity contribution is 1.07. The zero-order chi connectivity index (χ0) is 8.39. The monoisotopic (exact) mass is 159 g/mol. The van der Waals surface area contributed by atoms with Crippen molar-refractivity contribution in [1.82, 2.24) is 15.0 Å². The number of hydrogen-bond acceptors (Lipinski definition) is 2. The largest absolute Gasteiger partial charge is 0.340 e. The van der Waals surface area contributed by atoms with Crippen molar-refractivity contribution in [3.8, 4) is 0 Å². The molecular weight excluding hydrogens is 150 g/mol. The minimum Gasteiger partial charge on any atom is -0.340 e. The van der Waals surface area contributed by atoms with E-state index in [2.05, 4.69) is 21.5 Å². The number of H-pyrrole nitrogens is 1. The van der Waals surface area contributed by atoms with Crippen LogP contribution in [0.1, 0.15) is 5.82 Å². The van der Waals surface area contributed by atoms with E-state index in [1.54, 1.807) is 12.4 Å². The van der Waals surface area contributed by atoms with Crippen LogP contribution in [0.5, 0.6) is 0 Å². The number of nitrogens with zero attached hydrogens (tertiary/aromatic N) is 2. The van der Waals surface area contributed by atoms with Crippen molar-refractivity contribution in [3.63, 3.8) is 0 Å². The minimum atomic E-state index is 0.773. The van der Waals surface area contributed by atoms with Crippen molar-refractivity contribution in [2.75, 3.05) is 0 Å². The quantitative estimate of drug-likeness (QED) is 0.677. The van der Waals surface area contributed by atoms with Crippen LogP contribution in [0.25, 0.3) is 11.0 Å². The standard InChI is InChI=1S/C9H9N3/c1-2-3-9-11-7-4-5-10-6-8(7)12-9/h2,4-6H,1,3H2,(H,11,12). The number of rotatable bonds is 2. The molecule has 3 nitrogen and oxygen atoms in total. The van der Waals surface area contributed by atoms with Crippen molar-refractivity contribution in [1.29, 1.82) is 0 Å². The maximum Gasteiger partial charge on any atom is 0.111 e. The first-order chi connectivity index (χ1) is 5.90. The SMILES string of the molecule is C=CCc1nc2ccncc2[nH]1. The third-order valence-corrected chi connectivity index (χ3v) is 1.67. The van der Waals surface area contributed by atoms with Crippen molar-refractivity contribution in [2.45, 2.75) is 6.42 Å². The molecule has 2 heterocycles. The van der Waals surface area contributed by atoms with Gasteiger partial charge in [-0.1, -0.05) is 6.08 Å². The van der Waals surface area contributed by atoms with Gasteiger partial charge in [0.1, 0.15) is 5.82 Å². The molecule has 12 heavy (non-hydrogen) atoms. The molecule has 0 radical (unpaired) electrons. The van der Waals surface area contributed by atoms with Gasteiger partial charge < -0.3 is 4.98 Å². The van der Waals surface area contributed by atoms with Crippen molar-refractivity contribution in [3.05, 3.63) is 36.9 Å². The Kier molecular flexibility index (Phi) is 1.63. The fraction of sp³-hybridized carbons (Fsp3) is 0.111. The van der Waals surface area contributed by atoms with Crippen molar-refractivity contribution in [2.24, 2.45) is 0 Å². The van der Waals surface area contributed by atoms with E-state index in [0.29, 0.717) is 0 Å². The maximum atomic E-state index is 4.34. The van der Waals surface area contributed by atoms with Gasteiger partial charge in [-0.2, -0.15) is 0 Å². The predicted octanol–water partition coefficient (Wildman–Crippen LogP) is 1.69. The van der Waals surface area contributed by atoms with Crippen LogP contribution in [0.2, 0.25) is 0 Å². The molecule has 0 aliphatic rings. The Bertz CT molecular complexity index is 370. The van der Waals surface area contributed by atoms with Gasteiger partial charge in [0.15, 0.2) is 0 Å². The van der Waals surface area contributed by atoms with Gasteiger partial charge in [0, 0.05) is 12.6 Å². The Balaban J connectivity index is 2.54. The summed E-state index contributed by atoms with van der Waals surface area (Å²) in [4.78, 5) is 11.5. The summed E-state index contributed by atoms with van der Waals surface area (Å²) in [5.74, 6) is 0.938. The van der Waals surface area contributed by atoms with Gasteiger partial charge in [-0.3, -0.25) is 4.98 Å². The second-order valence-electron chi connectivity index (χ2n) is 2.57. The summed E-state index contributed by atoms with van der Waals surface area (Å²) in [6, 6.07) is 1.89. The molecule has 0 amide bonds. The Labute approximate surface area is 70.2 Å². The number of imidazole rings is 1. The average molecular weight is 159 g/mol. The predicted molar refractivity (Wildman–Crippen MR) is 47.8 cm³/mol. The minimum absolute atomic E-state index is 0.773. The van der Waals surface area contributed by atoms with Crippen LogP contribution in [0.15, 0.2) is 31.1 Å². The van der Waals surface area contributed by atoms with E-state index in [9.17, 15) is 0 Å². The summed E-state index contributed by atoms with van der Waals surface area (Å²) >= 11 is 0. The molecule has 0 bridgehead atoms. The number of fused-ring (bicyclic) bond motifs is 1. The fourth-order valence-electron chi connectivity index (χ4n) is 1.14. The van der Waals surface area contributed by atoms with Gasteiger partial charge in [0.2, 0.25) is 0 Å². The van der Waals surface area contributed by atoms with Crippen LogP contribution < -0.4 is 0 Å². The molecule has 3 heteroatoms. The third-order valence-electron chi connectivity index (χ3n) is 1.67. The summed E-state index contributed by atoms with van der Waals surface area (Å²) in [6.07, 6.45) is 6.11. The summed E-state index contributed by atoms with van der Waals surface area (Å²) in [5.41, 5.74) is 1.94. The van der Waals surface area contributed by atoms with Crippen molar-refractivity contribution >= 4 is 11.0 Å². The molecule has 60 valence electrons. The van der Waals surface area contributed by atoms with E-state index in [1.165, 1.54) is 0 Å². The number of hydrogen-bond donors (Lipinski definition) is 1. The highest BCUT2D eigenvalue weighted by atomic mass is 14.9. The lowest BCUT2D eigenvalue weighted by atomic mass is 10.4. The Morgan fingerprint density at radius 2 is 2.50 bits per heavy atom. The van der Waals surface area contributed by atoms with E-state index in [-0.39, 0.29) is 0 Å².